The number of fused-ring (bicyclic) bond motifs is 2. The van der Waals surface area contributed by atoms with Crippen LogP contribution >= 0.6 is 11.6 Å². The molecule has 7 heteroatoms. The second kappa shape index (κ2) is 5.58. The zero-order valence-corrected chi connectivity index (χ0v) is 13.4. The van der Waals surface area contributed by atoms with Gasteiger partial charge in [-0.3, -0.25) is 0 Å². The Morgan fingerprint density at radius 1 is 0.958 bits per heavy atom. The molecule has 24 heavy (non-hydrogen) atoms. The Hall–Kier alpha value is -2.99. The molecule has 4 aromatic rings. The molecular weight excluding hydrogens is 326 g/mol. The van der Waals surface area contributed by atoms with Crippen molar-refractivity contribution in [1.82, 2.24) is 14.5 Å². The number of benzene rings is 2. The fourth-order valence-electron chi connectivity index (χ4n) is 2.59. The number of aromatic hydroxyl groups is 1. The van der Waals surface area contributed by atoms with Gasteiger partial charge in [0.05, 0.1) is 16.6 Å². The lowest BCUT2D eigenvalue weighted by molar-refractivity contribution is 0.436. The number of rotatable bonds is 2. The van der Waals surface area contributed by atoms with Crippen molar-refractivity contribution in [3.8, 4) is 5.88 Å². The molecule has 0 radical (unpaired) electrons. The first-order chi connectivity index (χ1) is 11.6. The van der Waals surface area contributed by atoms with Crippen molar-refractivity contribution in [1.29, 1.82) is 0 Å². The molecule has 0 fully saturated rings. The van der Waals surface area contributed by atoms with Crippen molar-refractivity contribution in [2.24, 2.45) is 17.3 Å². The Morgan fingerprint density at radius 2 is 1.62 bits per heavy atom. The molecule has 0 amide bonds. The van der Waals surface area contributed by atoms with E-state index in [1.54, 1.807) is 11.6 Å². The van der Waals surface area contributed by atoms with Crippen molar-refractivity contribution in [2.75, 3.05) is 0 Å². The lowest BCUT2D eigenvalue weighted by atomic mass is 10.2. The maximum Gasteiger partial charge on any atom is 0.220 e. The summed E-state index contributed by atoms with van der Waals surface area (Å²) >= 11 is 6.14. The molecule has 0 atom stereocenters. The first-order valence-electron chi connectivity index (χ1n) is 7.25. The quantitative estimate of drug-likeness (QED) is 0.529. The third-order valence-corrected chi connectivity index (χ3v) is 4.06. The van der Waals surface area contributed by atoms with Crippen LogP contribution in [0.25, 0.3) is 21.9 Å². The van der Waals surface area contributed by atoms with Gasteiger partial charge in [0.2, 0.25) is 11.7 Å². The molecule has 0 unspecified atom stereocenters. The van der Waals surface area contributed by atoms with Crippen LogP contribution in [0.5, 0.6) is 5.88 Å². The molecule has 0 aliphatic heterocycles. The maximum atomic E-state index is 10.3. The Bertz CT molecular complexity index is 1100. The maximum absolute atomic E-state index is 10.3. The Morgan fingerprint density at radius 3 is 2.42 bits per heavy atom. The van der Waals surface area contributed by atoms with E-state index in [9.17, 15) is 5.11 Å². The van der Waals surface area contributed by atoms with Crippen LogP contribution in [0, 0.1) is 0 Å². The van der Waals surface area contributed by atoms with Crippen LogP contribution < -0.4 is 0 Å². The van der Waals surface area contributed by atoms with E-state index in [-0.39, 0.29) is 16.9 Å². The first-order valence-corrected chi connectivity index (χ1v) is 7.63. The van der Waals surface area contributed by atoms with Crippen LogP contribution in [0.4, 0.5) is 11.5 Å². The molecule has 4 rings (SSSR count). The van der Waals surface area contributed by atoms with E-state index in [4.69, 9.17) is 11.6 Å². The summed E-state index contributed by atoms with van der Waals surface area (Å²) in [7, 11) is 1.76. The third-order valence-electron chi connectivity index (χ3n) is 3.81. The van der Waals surface area contributed by atoms with E-state index in [0.717, 1.165) is 10.9 Å². The average molecular weight is 338 g/mol. The zero-order valence-electron chi connectivity index (χ0n) is 12.7. The number of azo groups is 1. The van der Waals surface area contributed by atoms with Gasteiger partial charge in [-0.1, -0.05) is 41.9 Å². The van der Waals surface area contributed by atoms with Crippen LogP contribution in [0.3, 0.4) is 0 Å². The van der Waals surface area contributed by atoms with Gasteiger partial charge in [0.25, 0.3) is 0 Å². The third kappa shape index (κ3) is 2.28. The summed E-state index contributed by atoms with van der Waals surface area (Å²) in [5.74, 6) is 0.243. The molecule has 0 bridgehead atoms. The van der Waals surface area contributed by atoms with Gasteiger partial charge in [0, 0.05) is 12.4 Å². The van der Waals surface area contributed by atoms with E-state index in [1.165, 1.54) is 0 Å². The summed E-state index contributed by atoms with van der Waals surface area (Å²) in [6, 6.07) is 14.9. The lowest BCUT2D eigenvalue weighted by Crippen LogP contribution is -1.85. The van der Waals surface area contributed by atoms with Crippen molar-refractivity contribution < 1.29 is 5.11 Å². The Labute approximate surface area is 142 Å². The summed E-state index contributed by atoms with van der Waals surface area (Å²) in [5, 5.41) is 19.5. The smallest absolute Gasteiger partial charge is 0.220 e. The van der Waals surface area contributed by atoms with Gasteiger partial charge in [-0.25, -0.2) is 9.97 Å². The molecule has 0 aliphatic carbocycles. The standard InChI is InChI=1S/C17H12ClN5O/c1-23-13-9-5-2-6-10(13)14(17(23)24)21-22-16-15(18)19-11-7-3-4-8-12(11)20-16/h2-9,24H,1H3. The van der Waals surface area contributed by atoms with Gasteiger partial charge in [0.1, 0.15) is 0 Å². The molecule has 0 spiro atoms. The summed E-state index contributed by atoms with van der Waals surface area (Å²) in [6.07, 6.45) is 0. The van der Waals surface area contributed by atoms with E-state index in [0.29, 0.717) is 16.7 Å². The highest BCUT2D eigenvalue weighted by molar-refractivity contribution is 6.31. The van der Waals surface area contributed by atoms with E-state index in [1.807, 2.05) is 48.5 Å². The van der Waals surface area contributed by atoms with Gasteiger partial charge < -0.3 is 9.67 Å². The molecular formula is C17H12ClN5O. The van der Waals surface area contributed by atoms with Crippen molar-refractivity contribution >= 4 is 45.0 Å². The number of hydrogen-bond donors (Lipinski definition) is 1. The van der Waals surface area contributed by atoms with Crippen molar-refractivity contribution in [3.63, 3.8) is 0 Å². The van der Waals surface area contributed by atoms with Gasteiger partial charge in [-0.2, -0.15) is 0 Å². The number of halogens is 1. The highest BCUT2D eigenvalue weighted by Crippen LogP contribution is 2.38. The minimum absolute atomic E-state index is 0.0322. The molecule has 6 nitrogen and oxygen atoms in total. The molecule has 0 saturated carbocycles. The van der Waals surface area contributed by atoms with Crippen LogP contribution in [-0.2, 0) is 7.05 Å². The minimum atomic E-state index is 0.0322. The minimum Gasteiger partial charge on any atom is -0.493 e. The fourth-order valence-corrected chi connectivity index (χ4v) is 2.76. The topological polar surface area (TPSA) is 75.7 Å². The highest BCUT2D eigenvalue weighted by Gasteiger charge is 2.14. The van der Waals surface area contributed by atoms with Crippen LogP contribution in [-0.4, -0.2) is 19.6 Å². The summed E-state index contributed by atoms with van der Waals surface area (Å²) in [6.45, 7) is 0. The second-order valence-corrected chi connectivity index (χ2v) is 5.63. The normalized spacial score (nSPS) is 11.8. The van der Waals surface area contributed by atoms with Crippen LogP contribution in [0.1, 0.15) is 0 Å². The summed E-state index contributed by atoms with van der Waals surface area (Å²) in [5.41, 5.74) is 2.60. The van der Waals surface area contributed by atoms with Crippen LogP contribution in [0.15, 0.2) is 58.8 Å². The van der Waals surface area contributed by atoms with E-state index < -0.39 is 0 Å². The Kier molecular flexibility index (Phi) is 3.39. The molecule has 0 saturated heterocycles. The van der Waals surface area contributed by atoms with Crippen molar-refractivity contribution in [2.45, 2.75) is 0 Å². The molecule has 2 heterocycles. The summed E-state index contributed by atoms with van der Waals surface area (Å²) < 4.78 is 1.65. The number of para-hydroxylation sites is 3. The molecule has 1 N–H and O–H groups in total. The number of hydrogen-bond acceptors (Lipinski definition) is 5. The molecule has 2 aromatic heterocycles. The predicted molar refractivity (Wildman–Crippen MR) is 93.3 cm³/mol. The van der Waals surface area contributed by atoms with Gasteiger partial charge in [-0.05, 0) is 18.2 Å². The molecule has 2 aromatic carbocycles. The zero-order chi connectivity index (χ0) is 16.7. The highest BCUT2D eigenvalue weighted by atomic mass is 35.5. The van der Waals surface area contributed by atoms with E-state index >= 15 is 0 Å². The van der Waals surface area contributed by atoms with Gasteiger partial charge >= 0.3 is 0 Å². The fraction of sp³-hybridized carbons (Fsp3) is 0.0588. The second-order valence-electron chi connectivity index (χ2n) is 5.28. The number of aryl methyl sites for hydroxylation is 1. The average Bonchev–Trinajstić information content (AvgIpc) is 2.84. The first kappa shape index (κ1) is 14.6. The number of nitrogens with zero attached hydrogens (tertiary/aromatic N) is 5. The van der Waals surface area contributed by atoms with Gasteiger partial charge in [0.15, 0.2) is 10.8 Å². The monoisotopic (exact) mass is 337 g/mol. The molecule has 0 aliphatic rings. The SMILES string of the molecule is Cn1c(O)c(N=Nc2nc3ccccc3nc2Cl)c2ccccc21. The molecule has 118 valence electrons. The predicted octanol–water partition coefficient (Wildman–Crippen LogP) is 4.90. The largest absolute Gasteiger partial charge is 0.493 e. The Balaban J connectivity index is 1.84. The summed E-state index contributed by atoms with van der Waals surface area (Å²) in [4.78, 5) is 8.62. The van der Waals surface area contributed by atoms with Crippen molar-refractivity contribution in [3.05, 3.63) is 53.7 Å². The number of aromatic nitrogens is 3. The van der Waals surface area contributed by atoms with Crippen LogP contribution in [0.2, 0.25) is 5.15 Å². The van der Waals surface area contributed by atoms with E-state index in [2.05, 4.69) is 20.2 Å². The van der Waals surface area contributed by atoms with Gasteiger partial charge in [-0.15, -0.1) is 10.2 Å². The lowest BCUT2D eigenvalue weighted by Gasteiger charge is -1.99.